The molecule has 27 heavy (non-hydrogen) atoms. The van der Waals surface area contributed by atoms with E-state index >= 15 is 0 Å². The topological polar surface area (TPSA) is 70.6 Å². The molecule has 0 spiro atoms. The van der Waals surface area contributed by atoms with Crippen LogP contribution in [0.3, 0.4) is 0 Å². The Hall–Kier alpha value is -0.0500. The molecule has 162 valence electrons. The third-order valence-corrected chi connectivity index (χ3v) is 6.24. The summed E-state index contributed by atoms with van der Waals surface area (Å²) in [5.41, 5.74) is 0.268. The Kier molecular flexibility index (Phi) is 11.8. The quantitative estimate of drug-likeness (QED) is 0.260. The molecule has 1 aliphatic carbocycles. The Morgan fingerprint density at radius 1 is 1.19 bits per heavy atom. The van der Waals surface area contributed by atoms with Crippen LogP contribution < -0.4 is 10.6 Å². The van der Waals surface area contributed by atoms with Gasteiger partial charge in [-0.25, -0.2) is 8.42 Å². The molecule has 5 nitrogen and oxygen atoms in total. The Bertz CT molecular complexity index is 554. The van der Waals surface area contributed by atoms with Gasteiger partial charge in [0.2, 0.25) is 0 Å². The second kappa shape index (κ2) is 11.8. The number of hydrogen-bond donors (Lipinski definition) is 2. The van der Waals surface area contributed by atoms with Crippen molar-refractivity contribution in [2.45, 2.75) is 73.1 Å². The molecule has 1 fully saturated rings. The van der Waals surface area contributed by atoms with Crippen LogP contribution in [-0.2, 0) is 9.84 Å². The van der Waals surface area contributed by atoms with E-state index in [-0.39, 0.29) is 35.1 Å². The zero-order chi connectivity index (χ0) is 19.8. The summed E-state index contributed by atoms with van der Waals surface area (Å²) in [6, 6.07) is 0. The first-order chi connectivity index (χ1) is 12.0. The van der Waals surface area contributed by atoms with E-state index in [0.717, 1.165) is 19.0 Å². The lowest BCUT2D eigenvalue weighted by Gasteiger charge is -2.32. The van der Waals surface area contributed by atoms with Crippen molar-refractivity contribution >= 4 is 39.8 Å². The highest BCUT2D eigenvalue weighted by Crippen LogP contribution is 2.42. The molecule has 1 saturated carbocycles. The smallest absolute Gasteiger partial charge is 0.191 e. The molecule has 1 aliphatic rings. The summed E-state index contributed by atoms with van der Waals surface area (Å²) in [5.74, 6) is 1.79. The summed E-state index contributed by atoms with van der Waals surface area (Å²) in [7, 11) is -2.93. The highest BCUT2D eigenvalue weighted by atomic mass is 127. The second-order valence-corrected chi connectivity index (χ2v) is 11.7. The normalized spacial score (nSPS) is 17.7. The molecule has 0 saturated heterocycles. The van der Waals surface area contributed by atoms with Crippen molar-refractivity contribution in [3.8, 4) is 0 Å². The van der Waals surface area contributed by atoms with Crippen LogP contribution in [0, 0.1) is 16.7 Å². The summed E-state index contributed by atoms with van der Waals surface area (Å²) < 4.78 is 22.9. The van der Waals surface area contributed by atoms with Crippen LogP contribution >= 0.6 is 24.0 Å². The first kappa shape index (κ1) is 27.0. The fourth-order valence-corrected chi connectivity index (χ4v) is 4.81. The zero-order valence-corrected chi connectivity index (χ0v) is 21.4. The van der Waals surface area contributed by atoms with Crippen molar-refractivity contribution in [1.29, 1.82) is 0 Å². The number of nitrogens with one attached hydrogen (secondary N) is 2. The molecule has 0 atom stereocenters. The van der Waals surface area contributed by atoms with E-state index in [1.165, 1.54) is 38.4 Å². The predicted octanol–water partition coefficient (Wildman–Crippen LogP) is 4.23. The van der Waals surface area contributed by atoms with Gasteiger partial charge in [0.15, 0.2) is 5.96 Å². The molecule has 1 rings (SSSR count). The van der Waals surface area contributed by atoms with Gasteiger partial charge in [0, 0.05) is 25.9 Å². The SMILES string of the molecule is CCNC(=NCC(C)(C)CCS(C)(=O)=O)NCC1(CC(C)C)CCCC1.I. The van der Waals surface area contributed by atoms with E-state index in [2.05, 4.69) is 45.3 Å². The van der Waals surface area contributed by atoms with Gasteiger partial charge in [-0.15, -0.1) is 24.0 Å². The van der Waals surface area contributed by atoms with E-state index in [1.54, 1.807) is 0 Å². The van der Waals surface area contributed by atoms with E-state index in [9.17, 15) is 8.42 Å². The zero-order valence-electron chi connectivity index (χ0n) is 18.2. The molecule has 0 aliphatic heterocycles. The van der Waals surface area contributed by atoms with E-state index in [0.29, 0.717) is 24.3 Å². The molecule has 0 aromatic carbocycles. The number of rotatable bonds is 10. The average molecular weight is 516 g/mol. The lowest BCUT2D eigenvalue weighted by Crippen LogP contribution is -2.44. The number of sulfone groups is 1. The molecule has 0 radical (unpaired) electrons. The molecule has 2 N–H and O–H groups in total. The summed E-state index contributed by atoms with van der Waals surface area (Å²) in [4.78, 5) is 4.76. The Labute approximate surface area is 184 Å². The molecule has 0 aromatic heterocycles. The van der Waals surface area contributed by atoms with Gasteiger partial charge < -0.3 is 10.6 Å². The maximum Gasteiger partial charge on any atom is 0.191 e. The molecular formula is C20H42IN3O2S. The Morgan fingerprint density at radius 2 is 1.78 bits per heavy atom. The lowest BCUT2D eigenvalue weighted by molar-refractivity contribution is 0.234. The predicted molar refractivity (Wildman–Crippen MR) is 128 cm³/mol. The number of nitrogens with zero attached hydrogens (tertiary/aromatic N) is 1. The van der Waals surface area contributed by atoms with Crippen molar-refractivity contribution < 1.29 is 8.42 Å². The third-order valence-electron chi connectivity index (χ3n) is 5.30. The van der Waals surface area contributed by atoms with Crippen molar-refractivity contribution in [1.82, 2.24) is 10.6 Å². The molecule has 0 bridgehead atoms. The maximum absolute atomic E-state index is 11.4. The molecule has 7 heteroatoms. The second-order valence-electron chi connectivity index (χ2n) is 9.40. The van der Waals surface area contributed by atoms with Gasteiger partial charge >= 0.3 is 0 Å². The van der Waals surface area contributed by atoms with Crippen molar-refractivity contribution in [2.24, 2.45) is 21.7 Å². The first-order valence-corrected chi connectivity index (χ1v) is 12.2. The minimum atomic E-state index is -2.93. The fraction of sp³-hybridized carbons (Fsp3) is 0.950. The lowest BCUT2D eigenvalue weighted by atomic mass is 9.78. The van der Waals surface area contributed by atoms with Crippen LogP contribution in [0.2, 0.25) is 0 Å². The van der Waals surface area contributed by atoms with Gasteiger partial charge in [-0.2, -0.15) is 0 Å². The van der Waals surface area contributed by atoms with E-state index < -0.39 is 9.84 Å². The van der Waals surface area contributed by atoms with E-state index in [4.69, 9.17) is 4.99 Å². The van der Waals surface area contributed by atoms with Gasteiger partial charge in [0.05, 0.1) is 5.75 Å². The molecular weight excluding hydrogens is 473 g/mol. The number of guanidine groups is 1. The molecule has 0 unspecified atom stereocenters. The number of aliphatic imine (C=N–C) groups is 1. The average Bonchev–Trinajstić information content (AvgIpc) is 2.96. The summed E-state index contributed by atoms with van der Waals surface area (Å²) in [6.07, 6.45) is 8.47. The van der Waals surface area contributed by atoms with Crippen LogP contribution in [0.5, 0.6) is 0 Å². The highest BCUT2D eigenvalue weighted by molar-refractivity contribution is 14.0. The minimum absolute atomic E-state index is 0. The molecule has 0 heterocycles. The van der Waals surface area contributed by atoms with Gasteiger partial charge in [-0.3, -0.25) is 4.99 Å². The standard InChI is InChI=1S/C20H41N3O2S.HI/c1-7-21-18(22-15-19(4,5)12-13-26(6,24)25)23-16-20(14-17(2)3)10-8-9-11-20;/h17H,7-16H2,1-6H3,(H2,21,22,23);1H. The van der Waals surface area contributed by atoms with Crippen molar-refractivity contribution in [2.75, 3.05) is 31.6 Å². The highest BCUT2D eigenvalue weighted by Gasteiger charge is 2.34. The third kappa shape index (κ3) is 11.5. The van der Waals surface area contributed by atoms with Crippen LogP contribution in [0.25, 0.3) is 0 Å². The molecule has 0 aromatic rings. The minimum Gasteiger partial charge on any atom is -0.357 e. The maximum atomic E-state index is 11.4. The van der Waals surface area contributed by atoms with Gasteiger partial charge in [-0.1, -0.05) is 40.5 Å². The van der Waals surface area contributed by atoms with Crippen molar-refractivity contribution in [3.05, 3.63) is 0 Å². The van der Waals surface area contributed by atoms with Crippen LogP contribution in [0.15, 0.2) is 4.99 Å². The molecule has 0 amide bonds. The first-order valence-electron chi connectivity index (χ1n) is 10.2. The summed E-state index contributed by atoms with van der Waals surface area (Å²) in [5, 5.41) is 6.92. The van der Waals surface area contributed by atoms with Gasteiger partial charge in [0.1, 0.15) is 9.84 Å². The Morgan fingerprint density at radius 3 is 2.26 bits per heavy atom. The number of halogens is 1. The monoisotopic (exact) mass is 515 g/mol. The summed E-state index contributed by atoms with van der Waals surface area (Å²) in [6.45, 7) is 13.3. The fourth-order valence-electron chi connectivity index (χ4n) is 3.89. The van der Waals surface area contributed by atoms with Crippen LogP contribution in [0.4, 0.5) is 0 Å². The van der Waals surface area contributed by atoms with Crippen LogP contribution in [0.1, 0.15) is 73.1 Å². The summed E-state index contributed by atoms with van der Waals surface area (Å²) >= 11 is 0. The van der Waals surface area contributed by atoms with Crippen molar-refractivity contribution in [3.63, 3.8) is 0 Å². The van der Waals surface area contributed by atoms with E-state index in [1.807, 2.05) is 0 Å². The largest absolute Gasteiger partial charge is 0.357 e. The van der Waals surface area contributed by atoms with Gasteiger partial charge in [-0.05, 0) is 49.4 Å². The van der Waals surface area contributed by atoms with Crippen LogP contribution in [-0.4, -0.2) is 46.0 Å². The Balaban J connectivity index is 0.00000676. The number of hydrogen-bond acceptors (Lipinski definition) is 3. The van der Waals surface area contributed by atoms with Gasteiger partial charge in [0.25, 0.3) is 0 Å².